The van der Waals surface area contributed by atoms with Crippen LogP contribution >= 0.6 is 11.8 Å². The van der Waals surface area contributed by atoms with Crippen molar-refractivity contribution in [1.29, 1.82) is 0 Å². The van der Waals surface area contributed by atoms with E-state index in [1.807, 2.05) is 31.2 Å². The number of aliphatic carboxylic acids is 1. The number of carboxylic acids is 1. The number of ether oxygens (including phenoxy) is 1. The largest absolute Gasteiger partial charge is 0.497 e. The fourth-order valence-electron chi connectivity index (χ4n) is 2.18. The zero-order valence-electron chi connectivity index (χ0n) is 14.4. The first-order valence-corrected chi connectivity index (χ1v) is 8.73. The Morgan fingerprint density at radius 2 is 1.80 bits per heavy atom. The fraction of sp³-hybridized carbons (Fsp3) is 0.263. The molecular weight excluding hydrogens is 338 g/mol. The highest BCUT2D eigenvalue weighted by Gasteiger charge is 2.17. The Labute approximate surface area is 151 Å². The summed E-state index contributed by atoms with van der Waals surface area (Å²) in [6.07, 6.45) is 0. The molecule has 25 heavy (non-hydrogen) atoms. The second-order valence-corrected chi connectivity index (χ2v) is 7.02. The molecule has 2 N–H and O–H groups in total. The summed E-state index contributed by atoms with van der Waals surface area (Å²) >= 11 is 1.44. The molecule has 0 radical (unpaired) electrons. The monoisotopic (exact) mass is 359 g/mol. The van der Waals surface area contributed by atoms with Gasteiger partial charge in [0.2, 0.25) is 5.91 Å². The molecule has 2 atom stereocenters. The maximum Gasteiger partial charge on any atom is 0.310 e. The summed E-state index contributed by atoms with van der Waals surface area (Å²) in [6, 6.07) is 14.4. The number of carboxylic acid groups (broad SMARTS) is 1. The third-order valence-corrected chi connectivity index (χ3v) is 4.88. The molecule has 2 unspecified atom stereocenters. The molecule has 0 aromatic heterocycles. The number of thioether (sulfide) groups is 1. The summed E-state index contributed by atoms with van der Waals surface area (Å²) in [5, 5.41) is 11.6. The standard InChI is InChI=1S/C19H21NO4S/c1-12(19(22)23)14-5-4-6-15(11-14)20-18(21)13(2)25-17-9-7-16(24-3)8-10-17/h4-13H,1-3H3,(H,20,21)(H,22,23). The highest BCUT2D eigenvalue weighted by Crippen LogP contribution is 2.26. The van der Waals surface area contributed by atoms with E-state index in [1.165, 1.54) is 11.8 Å². The van der Waals surface area contributed by atoms with Crippen LogP contribution in [0.4, 0.5) is 5.69 Å². The van der Waals surface area contributed by atoms with Gasteiger partial charge in [0, 0.05) is 10.6 Å². The number of benzene rings is 2. The Morgan fingerprint density at radius 3 is 2.40 bits per heavy atom. The first kappa shape index (κ1) is 18.9. The van der Waals surface area contributed by atoms with Crippen LogP contribution in [0.1, 0.15) is 25.3 Å². The zero-order valence-corrected chi connectivity index (χ0v) is 15.2. The number of carbonyl (C=O) groups is 2. The Kier molecular flexibility index (Phi) is 6.47. The van der Waals surface area contributed by atoms with Gasteiger partial charge in [0.25, 0.3) is 0 Å². The molecule has 5 nitrogen and oxygen atoms in total. The Morgan fingerprint density at radius 1 is 1.12 bits per heavy atom. The molecule has 1 amide bonds. The van der Waals surface area contributed by atoms with Crippen molar-refractivity contribution in [2.24, 2.45) is 0 Å². The van der Waals surface area contributed by atoms with Crippen LogP contribution in [0.25, 0.3) is 0 Å². The zero-order chi connectivity index (χ0) is 18.4. The lowest BCUT2D eigenvalue weighted by Crippen LogP contribution is -2.22. The Balaban J connectivity index is 2.00. The van der Waals surface area contributed by atoms with Gasteiger partial charge in [-0.05, 0) is 55.8 Å². The average molecular weight is 359 g/mol. The van der Waals surface area contributed by atoms with Crippen molar-refractivity contribution in [2.75, 3.05) is 12.4 Å². The number of rotatable bonds is 7. The van der Waals surface area contributed by atoms with Crippen molar-refractivity contribution in [1.82, 2.24) is 0 Å². The minimum Gasteiger partial charge on any atom is -0.497 e. The van der Waals surface area contributed by atoms with Crippen LogP contribution in [0.3, 0.4) is 0 Å². The minimum absolute atomic E-state index is 0.138. The summed E-state index contributed by atoms with van der Waals surface area (Å²) in [4.78, 5) is 24.4. The summed E-state index contributed by atoms with van der Waals surface area (Å²) in [5.41, 5.74) is 1.25. The van der Waals surface area contributed by atoms with Crippen molar-refractivity contribution in [3.63, 3.8) is 0 Å². The van der Waals surface area contributed by atoms with Crippen molar-refractivity contribution in [2.45, 2.75) is 29.9 Å². The van der Waals surface area contributed by atoms with Crippen LogP contribution in [0.15, 0.2) is 53.4 Å². The van der Waals surface area contributed by atoms with E-state index in [-0.39, 0.29) is 11.2 Å². The number of hydrogen-bond acceptors (Lipinski definition) is 4. The molecule has 0 bridgehead atoms. The lowest BCUT2D eigenvalue weighted by molar-refractivity contribution is -0.138. The van der Waals surface area contributed by atoms with E-state index in [1.54, 1.807) is 38.3 Å². The predicted molar refractivity (Wildman–Crippen MR) is 99.4 cm³/mol. The summed E-state index contributed by atoms with van der Waals surface area (Å²) in [5.74, 6) is -0.887. The van der Waals surface area contributed by atoms with Gasteiger partial charge in [0.1, 0.15) is 5.75 Å². The number of methoxy groups -OCH3 is 1. The van der Waals surface area contributed by atoms with Gasteiger partial charge in [-0.25, -0.2) is 0 Å². The SMILES string of the molecule is COc1ccc(SC(C)C(=O)Nc2cccc(C(C)C(=O)O)c2)cc1. The van der Waals surface area contributed by atoms with Gasteiger partial charge in [0.05, 0.1) is 18.3 Å². The van der Waals surface area contributed by atoms with E-state index in [9.17, 15) is 9.59 Å². The van der Waals surface area contributed by atoms with Gasteiger partial charge < -0.3 is 15.2 Å². The van der Waals surface area contributed by atoms with E-state index in [4.69, 9.17) is 9.84 Å². The lowest BCUT2D eigenvalue weighted by atomic mass is 10.0. The topological polar surface area (TPSA) is 75.6 Å². The third kappa shape index (κ3) is 5.26. The number of hydrogen-bond donors (Lipinski definition) is 2. The lowest BCUT2D eigenvalue weighted by Gasteiger charge is -2.14. The second-order valence-electron chi connectivity index (χ2n) is 5.61. The van der Waals surface area contributed by atoms with Gasteiger partial charge in [-0.1, -0.05) is 12.1 Å². The molecule has 0 saturated carbocycles. The van der Waals surface area contributed by atoms with E-state index >= 15 is 0 Å². The van der Waals surface area contributed by atoms with Crippen LogP contribution in [0, 0.1) is 0 Å². The minimum atomic E-state index is -0.896. The van der Waals surface area contributed by atoms with Crippen molar-refractivity contribution in [3.05, 3.63) is 54.1 Å². The normalized spacial score (nSPS) is 12.9. The second kappa shape index (κ2) is 8.58. The molecule has 0 saturated heterocycles. The molecule has 2 aromatic rings. The van der Waals surface area contributed by atoms with Gasteiger partial charge in [-0.15, -0.1) is 11.8 Å². The Bertz CT molecular complexity index is 745. The maximum absolute atomic E-state index is 12.4. The quantitative estimate of drug-likeness (QED) is 0.731. The van der Waals surface area contributed by atoms with E-state index in [0.717, 1.165) is 10.6 Å². The molecular formula is C19H21NO4S. The smallest absolute Gasteiger partial charge is 0.310 e. The van der Waals surface area contributed by atoms with Gasteiger partial charge >= 0.3 is 5.97 Å². The van der Waals surface area contributed by atoms with Crippen molar-refractivity contribution >= 4 is 29.3 Å². The van der Waals surface area contributed by atoms with E-state index < -0.39 is 11.9 Å². The van der Waals surface area contributed by atoms with Gasteiger partial charge in [0.15, 0.2) is 0 Å². The molecule has 2 aromatic carbocycles. The first-order valence-electron chi connectivity index (χ1n) is 7.85. The molecule has 6 heteroatoms. The molecule has 2 rings (SSSR count). The summed E-state index contributed by atoms with van der Waals surface area (Å²) in [7, 11) is 1.61. The van der Waals surface area contributed by atoms with Crippen LogP contribution in [0.2, 0.25) is 0 Å². The molecule has 0 fully saturated rings. The third-order valence-electron chi connectivity index (χ3n) is 3.77. The summed E-state index contributed by atoms with van der Waals surface area (Å²) < 4.78 is 5.12. The number of anilines is 1. The van der Waals surface area contributed by atoms with Crippen LogP contribution in [-0.4, -0.2) is 29.3 Å². The molecule has 0 heterocycles. The summed E-state index contributed by atoms with van der Waals surface area (Å²) in [6.45, 7) is 3.44. The van der Waals surface area contributed by atoms with Crippen LogP contribution in [0.5, 0.6) is 5.75 Å². The molecule has 0 aliphatic rings. The fourth-order valence-corrected chi connectivity index (χ4v) is 3.05. The van der Waals surface area contributed by atoms with E-state index in [2.05, 4.69) is 5.32 Å². The average Bonchev–Trinajstić information content (AvgIpc) is 2.61. The maximum atomic E-state index is 12.4. The van der Waals surface area contributed by atoms with Gasteiger partial charge in [-0.2, -0.15) is 0 Å². The predicted octanol–water partition coefficient (Wildman–Crippen LogP) is 4.00. The molecule has 0 aliphatic carbocycles. The van der Waals surface area contributed by atoms with Crippen molar-refractivity contribution < 1.29 is 19.4 Å². The molecule has 0 aliphatic heterocycles. The highest BCUT2D eigenvalue weighted by atomic mass is 32.2. The van der Waals surface area contributed by atoms with Crippen LogP contribution in [-0.2, 0) is 9.59 Å². The van der Waals surface area contributed by atoms with Crippen molar-refractivity contribution in [3.8, 4) is 5.75 Å². The Hall–Kier alpha value is -2.47. The number of carbonyl (C=O) groups excluding carboxylic acids is 1. The number of nitrogens with one attached hydrogen (secondary N) is 1. The van der Waals surface area contributed by atoms with Gasteiger partial charge in [-0.3, -0.25) is 9.59 Å². The molecule has 132 valence electrons. The number of amides is 1. The van der Waals surface area contributed by atoms with E-state index in [0.29, 0.717) is 11.3 Å². The highest BCUT2D eigenvalue weighted by molar-refractivity contribution is 8.00. The first-order chi connectivity index (χ1) is 11.9. The van der Waals surface area contributed by atoms with Crippen LogP contribution < -0.4 is 10.1 Å². The molecule has 0 spiro atoms.